The second-order valence-corrected chi connectivity index (χ2v) is 7.85. The van der Waals surface area contributed by atoms with E-state index in [4.69, 9.17) is 5.11 Å². The first-order valence-electron chi connectivity index (χ1n) is 9.40. The third-order valence-electron chi connectivity index (χ3n) is 5.83. The van der Waals surface area contributed by atoms with Crippen LogP contribution in [-0.2, 0) is 4.79 Å². The fourth-order valence-electron chi connectivity index (χ4n) is 4.10. The molecule has 126 valence electrons. The lowest BCUT2D eigenvalue weighted by atomic mass is 9.84. The summed E-state index contributed by atoms with van der Waals surface area (Å²) in [5.74, 6) is 0.982. The van der Waals surface area contributed by atoms with Gasteiger partial charge in [-0.15, -0.1) is 0 Å². The Hall–Kier alpha value is -0.610. The van der Waals surface area contributed by atoms with Crippen LogP contribution in [0.5, 0.6) is 0 Å². The summed E-state index contributed by atoms with van der Waals surface area (Å²) in [5.41, 5.74) is 0. The molecule has 4 heteroatoms. The first-order chi connectivity index (χ1) is 10.7. The van der Waals surface area contributed by atoms with Crippen LogP contribution in [0.1, 0.15) is 64.2 Å². The highest BCUT2D eigenvalue weighted by Crippen LogP contribution is 2.34. The molecule has 3 saturated carbocycles. The molecule has 3 fully saturated rings. The number of nitrogens with one attached hydrogen (secondary N) is 1. The summed E-state index contributed by atoms with van der Waals surface area (Å²) in [4.78, 5) is 13.3. The Kier molecular flexibility index (Phi) is 5.75. The van der Waals surface area contributed by atoms with Gasteiger partial charge in [0, 0.05) is 18.6 Å². The van der Waals surface area contributed by atoms with Gasteiger partial charge in [0.05, 0.1) is 6.54 Å². The van der Waals surface area contributed by atoms with E-state index in [2.05, 4.69) is 10.2 Å². The Balaban J connectivity index is 1.35. The zero-order valence-corrected chi connectivity index (χ0v) is 13.8. The number of rotatable bonds is 8. The third-order valence-corrected chi connectivity index (χ3v) is 5.83. The molecule has 0 spiro atoms. The van der Waals surface area contributed by atoms with E-state index in [1.807, 2.05) is 0 Å². The van der Waals surface area contributed by atoms with Gasteiger partial charge in [-0.1, -0.05) is 25.7 Å². The van der Waals surface area contributed by atoms with E-state index < -0.39 is 5.97 Å². The fraction of sp³-hybridized carbons (Fsp3) is 0.944. The van der Waals surface area contributed by atoms with Crippen LogP contribution in [0.4, 0.5) is 0 Å². The topological polar surface area (TPSA) is 52.6 Å². The average molecular weight is 308 g/mol. The molecule has 3 rings (SSSR count). The second kappa shape index (κ2) is 7.78. The maximum Gasteiger partial charge on any atom is 0.317 e. The molecule has 0 saturated heterocycles. The minimum absolute atomic E-state index is 0.233. The second-order valence-electron chi connectivity index (χ2n) is 7.85. The van der Waals surface area contributed by atoms with E-state index in [1.165, 1.54) is 57.9 Å². The van der Waals surface area contributed by atoms with Gasteiger partial charge < -0.3 is 10.4 Å². The predicted molar refractivity (Wildman–Crippen MR) is 87.9 cm³/mol. The van der Waals surface area contributed by atoms with Gasteiger partial charge in [0.2, 0.25) is 0 Å². The highest BCUT2D eigenvalue weighted by molar-refractivity contribution is 5.69. The lowest BCUT2D eigenvalue weighted by molar-refractivity contribution is -0.139. The third kappa shape index (κ3) is 4.95. The molecule has 22 heavy (non-hydrogen) atoms. The van der Waals surface area contributed by atoms with Crippen molar-refractivity contribution in [2.45, 2.75) is 76.3 Å². The van der Waals surface area contributed by atoms with Crippen LogP contribution in [0.15, 0.2) is 0 Å². The van der Waals surface area contributed by atoms with Crippen molar-refractivity contribution in [3.63, 3.8) is 0 Å². The Morgan fingerprint density at radius 1 is 1.00 bits per heavy atom. The van der Waals surface area contributed by atoms with Crippen LogP contribution >= 0.6 is 0 Å². The molecule has 0 atom stereocenters. The van der Waals surface area contributed by atoms with Crippen LogP contribution in [0.2, 0.25) is 0 Å². The van der Waals surface area contributed by atoms with Gasteiger partial charge in [0.15, 0.2) is 0 Å². The predicted octanol–water partition coefficient (Wildman–Crippen LogP) is 2.87. The van der Waals surface area contributed by atoms with Crippen LogP contribution < -0.4 is 5.32 Å². The molecule has 0 radical (unpaired) electrons. The summed E-state index contributed by atoms with van der Waals surface area (Å²) in [6.45, 7) is 2.42. The van der Waals surface area contributed by atoms with Gasteiger partial charge in [0.1, 0.15) is 0 Å². The quantitative estimate of drug-likeness (QED) is 0.677. The zero-order valence-electron chi connectivity index (χ0n) is 13.8. The average Bonchev–Trinajstić information content (AvgIpc) is 3.23. The molecule has 2 N–H and O–H groups in total. The maximum atomic E-state index is 11.0. The first kappa shape index (κ1) is 16.3. The summed E-state index contributed by atoms with van der Waals surface area (Å²) in [7, 11) is 0. The van der Waals surface area contributed by atoms with Gasteiger partial charge >= 0.3 is 5.97 Å². The van der Waals surface area contributed by atoms with Gasteiger partial charge in [0.25, 0.3) is 0 Å². The highest BCUT2D eigenvalue weighted by Gasteiger charge is 2.37. The highest BCUT2D eigenvalue weighted by atomic mass is 16.4. The van der Waals surface area contributed by atoms with Crippen molar-refractivity contribution in [1.82, 2.24) is 10.2 Å². The van der Waals surface area contributed by atoms with Crippen LogP contribution in [0.25, 0.3) is 0 Å². The van der Waals surface area contributed by atoms with E-state index >= 15 is 0 Å². The number of aliphatic carboxylic acids is 1. The van der Waals surface area contributed by atoms with Gasteiger partial charge in [-0.25, -0.2) is 0 Å². The summed E-state index contributed by atoms with van der Waals surface area (Å²) in [6.07, 6.45) is 13.4. The number of carbonyl (C=O) groups is 1. The van der Waals surface area contributed by atoms with E-state index in [0.717, 1.165) is 31.2 Å². The molecular weight excluding hydrogens is 276 g/mol. The van der Waals surface area contributed by atoms with E-state index in [0.29, 0.717) is 12.1 Å². The minimum atomic E-state index is -0.671. The lowest BCUT2D eigenvalue weighted by Gasteiger charge is -2.43. The Bertz CT molecular complexity index is 356. The monoisotopic (exact) mass is 308 g/mol. The molecule has 4 nitrogen and oxygen atoms in total. The Morgan fingerprint density at radius 3 is 2.27 bits per heavy atom. The van der Waals surface area contributed by atoms with Crippen molar-refractivity contribution in [1.29, 1.82) is 0 Å². The molecule has 0 unspecified atom stereocenters. The smallest absolute Gasteiger partial charge is 0.317 e. The van der Waals surface area contributed by atoms with Crippen molar-refractivity contribution in [2.24, 2.45) is 11.8 Å². The number of hydrogen-bond donors (Lipinski definition) is 2. The van der Waals surface area contributed by atoms with Crippen molar-refractivity contribution < 1.29 is 9.90 Å². The van der Waals surface area contributed by atoms with Crippen LogP contribution in [0, 0.1) is 11.8 Å². The lowest BCUT2D eigenvalue weighted by Crippen LogP contribution is -2.54. The van der Waals surface area contributed by atoms with E-state index in [1.54, 1.807) is 0 Å². The number of carboxylic acid groups (broad SMARTS) is 1. The maximum absolute atomic E-state index is 11.0. The molecule has 0 heterocycles. The van der Waals surface area contributed by atoms with Crippen LogP contribution in [0.3, 0.4) is 0 Å². The molecule has 3 aliphatic rings. The van der Waals surface area contributed by atoms with Gasteiger partial charge in [-0.05, 0) is 56.9 Å². The summed E-state index contributed by atoms with van der Waals surface area (Å²) >= 11 is 0. The molecule has 0 aromatic rings. The van der Waals surface area contributed by atoms with Gasteiger partial charge in [-0.2, -0.15) is 0 Å². The molecule has 0 aromatic heterocycles. The number of hydrogen-bond acceptors (Lipinski definition) is 3. The standard InChI is InChI=1S/C18H32N2O2/c21-18(22)13-20(12-15-7-8-15)17-9-16(10-17)19-11-14-5-3-1-2-4-6-14/h14-17,19H,1-13H2,(H,21,22). The SMILES string of the molecule is O=C(O)CN(CC1CC1)C1CC(NCC2CCCCCC2)C1. The summed E-state index contributed by atoms with van der Waals surface area (Å²) in [6, 6.07) is 1.13. The zero-order chi connectivity index (χ0) is 15.4. The van der Waals surface area contributed by atoms with E-state index in [9.17, 15) is 4.79 Å². The number of carboxylic acids is 1. The van der Waals surface area contributed by atoms with Crippen molar-refractivity contribution in [3.05, 3.63) is 0 Å². The van der Waals surface area contributed by atoms with Gasteiger partial charge in [-0.3, -0.25) is 9.69 Å². The minimum Gasteiger partial charge on any atom is -0.480 e. The Morgan fingerprint density at radius 2 is 1.68 bits per heavy atom. The van der Waals surface area contributed by atoms with E-state index in [-0.39, 0.29) is 6.54 Å². The molecule has 0 bridgehead atoms. The fourth-order valence-corrected chi connectivity index (χ4v) is 4.10. The normalized spacial score (nSPS) is 30.0. The molecular formula is C18H32N2O2. The molecule has 0 aromatic carbocycles. The molecule has 0 amide bonds. The van der Waals surface area contributed by atoms with Crippen molar-refractivity contribution in [2.75, 3.05) is 19.6 Å². The first-order valence-corrected chi connectivity index (χ1v) is 9.40. The van der Waals surface area contributed by atoms with Crippen LogP contribution in [-0.4, -0.2) is 47.7 Å². The summed E-state index contributed by atoms with van der Waals surface area (Å²) in [5, 5.41) is 12.8. The molecule has 3 aliphatic carbocycles. The Labute approximate surface area is 134 Å². The van der Waals surface area contributed by atoms with Crippen molar-refractivity contribution in [3.8, 4) is 0 Å². The summed E-state index contributed by atoms with van der Waals surface area (Å²) < 4.78 is 0. The largest absolute Gasteiger partial charge is 0.480 e. The number of nitrogens with zero attached hydrogens (tertiary/aromatic N) is 1. The van der Waals surface area contributed by atoms with Crippen molar-refractivity contribution >= 4 is 5.97 Å². The molecule has 0 aliphatic heterocycles.